The number of rotatable bonds is 3. The first-order valence-electron chi connectivity index (χ1n) is 9.98. The van der Waals surface area contributed by atoms with Gasteiger partial charge in [0.15, 0.2) is 5.65 Å². The number of hydrogen-bond donors (Lipinski definition) is 1. The molecule has 0 bridgehead atoms. The lowest BCUT2D eigenvalue weighted by Gasteiger charge is -2.33. The maximum atomic E-state index is 13.0. The summed E-state index contributed by atoms with van der Waals surface area (Å²) < 4.78 is 3.40. The summed E-state index contributed by atoms with van der Waals surface area (Å²) in [6.07, 6.45) is 5.73. The standard InChI is InChI=1S/C22H23N5O2/c1-25-19-9-4-10-23-21(19)27(22(25)29)16-6-5-11-26(14-16)20(28)12-15-13-24-18-8-3-2-7-17(15)18/h2-4,7-10,13,16,24H,5-6,11-12,14H2,1H3/t16-/m0/s1. The van der Waals surface area contributed by atoms with Gasteiger partial charge in [-0.15, -0.1) is 0 Å². The van der Waals surface area contributed by atoms with Crippen LogP contribution in [0.4, 0.5) is 0 Å². The second-order valence-corrected chi connectivity index (χ2v) is 7.73. The Morgan fingerprint density at radius 2 is 2.10 bits per heavy atom. The average Bonchev–Trinajstić information content (AvgIpc) is 3.27. The minimum atomic E-state index is -0.0744. The van der Waals surface area contributed by atoms with Crippen molar-refractivity contribution < 1.29 is 4.79 Å². The maximum absolute atomic E-state index is 13.0. The van der Waals surface area contributed by atoms with Gasteiger partial charge in [-0.1, -0.05) is 18.2 Å². The number of amides is 1. The van der Waals surface area contributed by atoms with E-state index in [-0.39, 0.29) is 17.6 Å². The minimum absolute atomic E-state index is 0.0539. The summed E-state index contributed by atoms with van der Waals surface area (Å²) in [5.74, 6) is 0.0979. The van der Waals surface area contributed by atoms with Gasteiger partial charge in [0.05, 0.1) is 18.0 Å². The van der Waals surface area contributed by atoms with E-state index in [1.54, 1.807) is 22.4 Å². The molecule has 0 radical (unpaired) electrons. The van der Waals surface area contributed by atoms with Gasteiger partial charge >= 0.3 is 5.69 Å². The molecule has 0 aliphatic carbocycles. The van der Waals surface area contributed by atoms with Gasteiger partial charge < -0.3 is 9.88 Å². The summed E-state index contributed by atoms with van der Waals surface area (Å²) in [6, 6.07) is 11.7. The van der Waals surface area contributed by atoms with E-state index in [0.717, 1.165) is 41.4 Å². The number of aromatic amines is 1. The number of pyridine rings is 1. The Labute approximate surface area is 167 Å². The normalized spacial score (nSPS) is 17.3. The van der Waals surface area contributed by atoms with Crippen LogP contribution in [0.1, 0.15) is 24.4 Å². The zero-order valence-electron chi connectivity index (χ0n) is 16.3. The molecule has 4 aromatic rings. The summed E-state index contributed by atoms with van der Waals surface area (Å²) in [4.78, 5) is 35.5. The van der Waals surface area contributed by atoms with Crippen LogP contribution in [0.5, 0.6) is 0 Å². The summed E-state index contributed by atoms with van der Waals surface area (Å²) in [6.45, 7) is 1.27. The average molecular weight is 389 g/mol. The van der Waals surface area contributed by atoms with Crippen molar-refractivity contribution in [3.63, 3.8) is 0 Å². The maximum Gasteiger partial charge on any atom is 0.330 e. The third-order valence-electron chi connectivity index (χ3n) is 5.98. The number of aryl methyl sites for hydroxylation is 1. The highest BCUT2D eigenvalue weighted by molar-refractivity contribution is 5.89. The molecule has 1 amide bonds. The van der Waals surface area contributed by atoms with Gasteiger partial charge in [0.1, 0.15) is 0 Å². The second-order valence-electron chi connectivity index (χ2n) is 7.73. The van der Waals surface area contributed by atoms with Gasteiger partial charge in [-0.25, -0.2) is 9.78 Å². The number of aromatic nitrogens is 4. The Kier molecular flexibility index (Phi) is 4.23. The van der Waals surface area contributed by atoms with Crippen LogP contribution in [0.3, 0.4) is 0 Å². The van der Waals surface area contributed by atoms with Crippen LogP contribution < -0.4 is 5.69 Å². The van der Waals surface area contributed by atoms with E-state index in [9.17, 15) is 9.59 Å². The molecule has 0 unspecified atom stereocenters. The number of H-pyrrole nitrogens is 1. The topological polar surface area (TPSA) is 75.9 Å². The molecule has 1 aliphatic heterocycles. The van der Waals surface area contributed by atoms with Gasteiger partial charge in [0.2, 0.25) is 5.91 Å². The van der Waals surface area contributed by atoms with Gasteiger partial charge in [0, 0.05) is 43.4 Å². The van der Waals surface area contributed by atoms with E-state index in [2.05, 4.69) is 9.97 Å². The molecule has 5 rings (SSSR count). The van der Waals surface area contributed by atoms with Crippen LogP contribution in [-0.2, 0) is 18.3 Å². The first kappa shape index (κ1) is 17.7. The van der Waals surface area contributed by atoms with E-state index in [4.69, 9.17) is 0 Å². The first-order valence-corrected chi connectivity index (χ1v) is 9.98. The Balaban J connectivity index is 1.41. The second kappa shape index (κ2) is 6.92. The molecule has 29 heavy (non-hydrogen) atoms. The van der Waals surface area contributed by atoms with Gasteiger partial charge in [0.25, 0.3) is 0 Å². The van der Waals surface area contributed by atoms with E-state index in [1.807, 2.05) is 47.5 Å². The molecular weight excluding hydrogens is 366 g/mol. The lowest BCUT2D eigenvalue weighted by atomic mass is 10.0. The lowest BCUT2D eigenvalue weighted by molar-refractivity contribution is -0.132. The molecule has 1 saturated heterocycles. The van der Waals surface area contributed by atoms with Crippen LogP contribution >= 0.6 is 0 Å². The molecule has 7 heteroatoms. The number of likely N-dealkylation sites (tertiary alicyclic amines) is 1. The van der Waals surface area contributed by atoms with Crippen LogP contribution in [0.25, 0.3) is 22.1 Å². The van der Waals surface area contributed by atoms with Gasteiger partial charge in [-0.05, 0) is 36.6 Å². The highest BCUT2D eigenvalue weighted by Gasteiger charge is 2.28. The number of para-hydroxylation sites is 1. The largest absolute Gasteiger partial charge is 0.361 e. The smallest absolute Gasteiger partial charge is 0.330 e. The van der Waals surface area contributed by atoms with Crippen molar-refractivity contribution >= 4 is 28.0 Å². The zero-order chi connectivity index (χ0) is 20.0. The predicted octanol–water partition coefficient (Wildman–Crippen LogP) is 2.62. The molecule has 0 spiro atoms. The fraction of sp³-hybridized carbons (Fsp3) is 0.318. The molecule has 148 valence electrons. The molecule has 1 atom stereocenters. The molecule has 1 fully saturated rings. The fourth-order valence-electron chi connectivity index (χ4n) is 4.46. The van der Waals surface area contributed by atoms with E-state index in [1.165, 1.54) is 0 Å². The number of carbonyl (C=O) groups excluding carboxylic acids is 1. The third-order valence-corrected chi connectivity index (χ3v) is 5.98. The lowest BCUT2D eigenvalue weighted by Crippen LogP contribution is -2.43. The number of imidazole rings is 1. The quantitative estimate of drug-likeness (QED) is 0.585. The van der Waals surface area contributed by atoms with Crippen LogP contribution in [0.2, 0.25) is 0 Å². The molecule has 1 aromatic carbocycles. The Bertz CT molecular complexity index is 1270. The van der Waals surface area contributed by atoms with Crippen molar-refractivity contribution in [3.8, 4) is 0 Å². The summed E-state index contributed by atoms with van der Waals surface area (Å²) in [5, 5.41) is 1.09. The van der Waals surface area contributed by atoms with Gasteiger partial charge in [-0.3, -0.25) is 13.9 Å². The number of nitrogens with one attached hydrogen (secondary N) is 1. The molecule has 1 N–H and O–H groups in total. The monoisotopic (exact) mass is 389 g/mol. The van der Waals surface area contributed by atoms with Crippen molar-refractivity contribution in [3.05, 3.63) is 64.8 Å². The van der Waals surface area contributed by atoms with Crippen LogP contribution in [-0.4, -0.2) is 43.0 Å². The number of nitrogens with zero attached hydrogens (tertiary/aromatic N) is 4. The number of fused-ring (bicyclic) bond motifs is 2. The molecule has 7 nitrogen and oxygen atoms in total. The Hall–Kier alpha value is -3.35. The van der Waals surface area contributed by atoms with Crippen molar-refractivity contribution in [2.75, 3.05) is 13.1 Å². The van der Waals surface area contributed by atoms with Crippen molar-refractivity contribution in [2.24, 2.45) is 7.05 Å². The third kappa shape index (κ3) is 2.93. The molecular formula is C22H23N5O2. The van der Waals surface area contributed by atoms with Crippen molar-refractivity contribution in [1.82, 2.24) is 24.0 Å². The van der Waals surface area contributed by atoms with Crippen LogP contribution in [0, 0.1) is 0 Å². The van der Waals surface area contributed by atoms with E-state index in [0.29, 0.717) is 18.6 Å². The molecule has 4 heterocycles. The Morgan fingerprint density at radius 3 is 3.00 bits per heavy atom. The zero-order valence-corrected chi connectivity index (χ0v) is 16.3. The first-order chi connectivity index (χ1) is 14.1. The predicted molar refractivity (Wildman–Crippen MR) is 112 cm³/mol. The number of piperidine rings is 1. The number of hydrogen-bond acceptors (Lipinski definition) is 3. The molecule has 1 aliphatic rings. The molecule has 3 aromatic heterocycles. The summed E-state index contributed by atoms with van der Waals surface area (Å²) in [5.41, 5.74) is 3.49. The Morgan fingerprint density at radius 1 is 1.24 bits per heavy atom. The van der Waals surface area contributed by atoms with Gasteiger partial charge in [-0.2, -0.15) is 0 Å². The fourth-order valence-corrected chi connectivity index (χ4v) is 4.46. The van der Waals surface area contributed by atoms with E-state index < -0.39 is 0 Å². The summed E-state index contributed by atoms with van der Waals surface area (Å²) >= 11 is 0. The van der Waals surface area contributed by atoms with Crippen molar-refractivity contribution in [1.29, 1.82) is 0 Å². The highest BCUT2D eigenvalue weighted by atomic mass is 16.2. The highest BCUT2D eigenvalue weighted by Crippen LogP contribution is 2.25. The van der Waals surface area contributed by atoms with Crippen molar-refractivity contribution in [2.45, 2.75) is 25.3 Å². The minimum Gasteiger partial charge on any atom is -0.361 e. The number of carbonyl (C=O) groups is 1. The van der Waals surface area contributed by atoms with Crippen LogP contribution in [0.15, 0.2) is 53.6 Å². The molecule has 0 saturated carbocycles. The number of benzene rings is 1. The summed E-state index contributed by atoms with van der Waals surface area (Å²) in [7, 11) is 1.77. The van der Waals surface area contributed by atoms with E-state index >= 15 is 0 Å². The SMILES string of the molecule is Cn1c(=O)n([C@H]2CCCN(C(=O)Cc3c[nH]c4ccccc34)C2)c2ncccc21.